The van der Waals surface area contributed by atoms with Gasteiger partial charge in [0.25, 0.3) is 5.56 Å². The molecule has 12 heteroatoms. The highest BCUT2D eigenvalue weighted by atomic mass is 16.6. The van der Waals surface area contributed by atoms with Crippen LogP contribution in [0.2, 0.25) is 0 Å². The molecule has 1 atom stereocenters. The number of nitrogens with zero attached hydrogens (tertiary/aromatic N) is 2. The van der Waals surface area contributed by atoms with E-state index in [1.807, 2.05) is 0 Å². The van der Waals surface area contributed by atoms with Gasteiger partial charge < -0.3 is 24.7 Å². The predicted octanol–water partition coefficient (Wildman–Crippen LogP) is 0.379. The number of para-hydroxylation sites is 2. The zero-order valence-electron chi connectivity index (χ0n) is 19.7. The van der Waals surface area contributed by atoms with Gasteiger partial charge in [0.15, 0.2) is 18.1 Å². The molecule has 0 aliphatic carbocycles. The minimum absolute atomic E-state index is 0.0836. The highest BCUT2D eigenvalue weighted by molar-refractivity contribution is 6.01. The van der Waals surface area contributed by atoms with Crippen LogP contribution in [0.4, 0.5) is 5.82 Å². The summed E-state index contributed by atoms with van der Waals surface area (Å²) >= 11 is 0. The molecule has 4 rings (SSSR count). The molecule has 0 saturated heterocycles. The number of carbonyl (C=O) groups is 3. The summed E-state index contributed by atoms with van der Waals surface area (Å²) in [7, 11) is 1.09. The van der Waals surface area contributed by atoms with Crippen molar-refractivity contribution in [2.45, 2.75) is 19.2 Å². The molecule has 0 unspecified atom stereocenters. The van der Waals surface area contributed by atoms with Crippen molar-refractivity contribution < 1.29 is 33.3 Å². The van der Waals surface area contributed by atoms with Crippen LogP contribution in [-0.4, -0.2) is 53.3 Å². The molecule has 192 valence electrons. The molecule has 2 N–H and O–H groups in total. The molecule has 0 amide bonds. The fraction of sp³-hybridized carbons (Fsp3) is 0.240. The van der Waals surface area contributed by atoms with E-state index >= 15 is 0 Å². The Morgan fingerprint density at radius 2 is 1.68 bits per heavy atom. The average Bonchev–Trinajstić information content (AvgIpc) is 2.92. The summed E-state index contributed by atoms with van der Waals surface area (Å²) in [6.07, 6.45) is -1.14. The van der Waals surface area contributed by atoms with Gasteiger partial charge >= 0.3 is 17.6 Å². The molecule has 1 aromatic heterocycles. The average molecular weight is 509 g/mol. The van der Waals surface area contributed by atoms with Crippen LogP contribution >= 0.6 is 0 Å². The molecule has 12 nitrogen and oxygen atoms in total. The van der Waals surface area contributed by atoms with E-state index in [-0.39, 0.29) is 13.2 Å². The summed E-state index contributed by atoms with van der Waals surface area (Å²) in [6, 6.07) is 15.4. The number of hydrogen-bond acceptors (Lipinski definition) is 10. The molecule has 0 saturated carbocycles. The Balaban J connectivity index is 1.60. The normalized spacial score (nSPS) is 14.0. The third-order valence-corrected chi connectivity index (χ3v) is 5.56. The zero-order valence-corrected chi connectivity index (χ0v) is 19.7. The fourth-order valence-electron chi connectivity index (χ4n) is 3.67. The number of rotatable bonds is 8. The van der Waals surface area contributed by atoms with Crippen molar-refractivity contribution in [3.05, 3.63) is 86.6 Å². The number of anilines is 1. The van der Waals surface area contributed by atoms with Gasteiger partial charge in [-0.1, -0.05) is 42.5 Å². The third kappa shape index (κ3) is 5.37. The summed E-state index contributed by atoms with van der Waals surface area (Å²) in [5, 5.41) is 0. The number of nitrogens with two attached hydrogens (primary N) is 1. The van der Waals surface area contributed by atoms with Crippen molar-refractivity contribution in [2.24, 2.45) is 0 Å². The number of nitrogen functional groups attached to an aromatic ring is 1. The van der Waals surface area contributed by atoms with Gasteiger partial charge in [-0.3, -0.25) is 19.0 Å². The van der Waals surface area contributed by atoms with E-state index in [0.717, 1.165) is 11.7 Å². The van der Waals surface area contributed by atoms with E-state index in [1.54, 1.807) is 54.6 Å². The maximum Gasteiger partial charge on any atom is 0.351 e. The molecule has 3 aromatic rings. The van der Waals surface area contributed by atoms with E-state index in [2.05, 4.69) is 4.74 Å². The van der Waals surface area contributed by atoms with Crippen molar-refractivity contribution in [3.8, 4) is 11.5 Å². The SMILES string of the molecule is COC(=O)Cn1c(=O)c(C(=O)COC(=O)[C@@H]2COc3ccccc3O2)c(N)n(Cc2ccccc2)c1=O. The first-order valence-electron chi connectivity index (χ1n) is 11.1. The number of methoxy groups -OCH3 is 1. The van der Waals surface area contributed by atoms with Crippen LogP contribution in [0.25, 0.3) is 0 Å². The van der Waals surface area contributed by atoms with Gasteiger partial charge in [-0.05, 0) is 17.7 Å². The van der Waals surface area contributed by atoms with Crippen molar-refractivity contribution >= 4 is 23.5 Å². The maximum absolute atomic E-state index is 13.0. The number of fused-ring (bicyclic) bond motifs is 1. The van der Waals surface area contributed by atoms with Gasteiger partial charge in [0, 0.05) is 0 Å². The van der Waals surface area contributed by atoms with Crippen molar-refractivity contribution in [2.75, 3.05) is 26.1 Å². The van der Waals surface area contributed by atoms with Crippen molar-refractivity contribution in [1.29, 1.82) is 0 Å². The predicted molar refractivity (Wildman–Crippen MR) is 129 cm³/mol. The lowest BCUT2D eigenvalue weighted by molar-refractivity contribution is -0.153. The van der Waals surface area contributed by atoms with Crippen LogP contribution in [0.5, 0.6) is 11.5 Å². The molecule has 0 spiro atoms. The third-order valence-electron chi connectivity index (χ3n) is 5.56. The van der Waals surface area contributed by atoms with Gasteiger partial charge in [0.05, 0.1) is 13.7 Å². The zero-order chi connectivity index (χ0) is 26.5. The number of Topliss-reactive ketones (excluding diaryl/α,β-unsaturated/α-hetero) is 1. The van der Waals surface area contributed by atoms with Gasteiger partial charge in [0.1, 0.15) is 24.5 Å². The number of esters is 2. The summed E-state index contributed by atoms with van der Waals surface area (Å²) in [6.45, 7) is -1.82. The Morgan fingerprint density at radius 3 is 2.38 bits per heavy atom. The first-order valence-corrected chi connectivity index (χ1v) is 11.1. The Kier molecular flexibility index (Phi) is 7.37. The molecule has 1 aliphatic rings. The summed E-state index contributed by atoms with van der Waals surface area (Å²) in [5.74, 6) is -2.36. The second-order valence-electron chi connectivity index (χ2n) is 7.98. The van der Waals surface area contributed by atoms with E-state index in [0.29, 0.717) is 21.6 Å². The van der Waals surface area contributed by atoms with Gasteiger partial charge in [-0.25, -0.2) is 14.2 Å². The van der Waals surface area contributed by atoms with Crippen LogP contribution in [-0.2, 0) is 32.2 Å². The summed E-state index contributed by atoms with van der Waals surface area (Å²) in [5.41, 5.74) is 4.14. The minimum atomic E-state index is -1.14. The van der Waals surface area contributed by atoms with Crippen LogP contribution in [0.15, 0.2) is 64.2 Å². The van der Waals surface area contributed by atoms with Crippen molar-refractivity contribution in [3.63, 3.8) is 0 Å². The Labute approximate surface area is 209 Å². The lowest BCUT2D eigenvalue weighted by atomic mass is 10.1. The van der Waals surface area contributed by atoms with E-state index in [4.69, 9.17) is 19.9 Å². The molecule has 1 aliphatic heterocycles. The smallest absolute Gasteiger partial charge is 0.351 e. The largest absolute Gasteiger partial charge is 0.485 e. The lowest BCUT2D eigenvalue weighted by Crippen LogP contribution is -2.46. The highest BCUT2D eigenvalue weighted by Crippen LogP contribution is 2.31. The number of ether oxygens (including phenoxy) is 4. The second-order valence-corrected chi connectivity index (χ2v) is 7.98. The lowest BCUT2D eigenvalue weighted by Gasteiger charge is -2.24. The molecule has 2 heterocycles. The standard InChI is InChI=1S/C25H23N3O9/c1-34-20(30)12-28-23(31)21(22(26)27(25(28)33)11-15-7-3-2-4-8-15)16(29)13-36-24(32)19-14-35-17-9-5-6-10-18(17)37-19/h2-10,19H,11-14,26H2,1H3/t19-/m0/s1. The Bertz CT molecular complexity index is 1460. The van der Waals surface area contributed by atoms with Gasteiger partial charge in [-0.15, -0.1) is 0 Å². The van der Waals surface area contributed by atoms with Crippen LogP contribution in [0.3, 0.4) is 0 Å². The van der Waals surface area contributed by atoms with Crippen LogP contribution in [0, 0.1) is 0 Å². The van der Waals surface area contributed by atoms with Crippen LogP contribution in [0.1, 0.15) is 15.9 Å². The molecular formula is C25H23N3O9. The molecule has 0 fully saturated rings. The van der Waals surface area contributed by atoms with E-state index in [9.17, 15) is 24.0 Å². The molecular weight excluding hydrogens is 486 g/mol. The van der Waals surface area contributed by atoms with E-state index < -0.39 is 59.6 Å². The number of ketones is 1. The first kappa shape index (κ1) is 25.2. The molecule has 0 radical (unpaired) electrons. The fourth-order valence-corrected chi connectivity index (χ4v) is 3.67. The minimum Gasteiger partial charge on any atom is -0.485 e. The summed E-state index contributed by atoms with van der Waals surface area (Å²) in [4.78, 5) is 63.5. The monoisotopic (exact) mass is 509 g/mol. The van der Waals surface area contributed by atoms with Crippen molar-refractivity contribution in [1.82, 2.24) is 9.13 Å². The quantitative estimate of drug-likeness (QED) is 0.332. The van der Waals surface area contributed by atoms with Gasteiger partial charge in [0.2, 0.25) is 11.9 Å². The Hall–Kier alpha value is -4.87. The molecule has 37 heavy (non-hydrogen) atoms. The number of carbonyl (C=O) groups excluding carboxylic acids is 3. The molecule has 0 bridgehead atoms. The highest BCUT2D eigenvalue weighted by Gasteiger charge is 2.30. The second kappa shape index (κ2) is 10.8. The maximum atomic E-state index is 13.0. The molecule has 2 aromatic carbocycles. The first-order chi connectivity index (χ1) is 17.8. The number of aromatic nitrogens is 2. The topological polar surface area (TPSA) is 158 Å². The van der Waals surface area contributed by atoms with Gasteiger partial charge in [-0.2, -0.15) is 0 Å². The summed E-state index contributed by atoms with van der Waals surface area (Å²) < 4.78 is 22.2. The van der Waals surface area contributed by atoms with Crippen LogP contribution < -0.4 is 26.5 Å². The Morgan fingerprint density at radius 1 is 1.00 bits per heavy atom. The number of hydrogen-bond donors (Lipinski definition) is 1. The van der Waals surface area contributed by atoms with E-state index in [1.165, 1.54) is 0 Å². The number of benzene rings is 2.